The van der Waals surface area contributed by atoms with Crippen LogP contribution >= 0.6 is 11.6 Å². The van der Waals surface area contributed by atoms with Crippen LogP contribution < -0.4 is 0 Å². The molecule has 126 valence electrons. The molecule has 0 radical (unpaired) electrons. The fourth-order valence-corrected chi connectivity index (χ4v) is 2.62. The van der Waals surface area contributed by atoms with Crippen LogP contribution in [0.5, 0.6) is 0 Å². The molecule has 1 saturated heterocycles. The molecule has 7 nitrogen and oxygen atoms in total. The summed E-state index contributed by atoms with van der Waals surface area (Å²) < 4.78 is 5.31. The number of carboxylic acid groups (broad SMARTS) is 1. The van der Waals surface area contributed by atoms with Crippen LogP contribution in [0.1, 0.15) is 32.9 Å². The maximum absolute atomic E-state index is 12.1. The molecule has 1 amide bonds. The average molecular weight is 342 g/mol. The maximum Gasteiger partial charge on any atom is 0.410 e. The average Bonchev–Trinajstić information content (AvgIpc) is 2.85. The zero-order chi connectivity index (χ0) is 17.3. The molecule has 1 aromatic rings. The second-order valence-corrected chi connectivity index (χ2v) is 7.13. The number of aromatic nitrogens is 2. The fraction of sp³-hybridized carbons (Fsp3) is 0.600. The molecule has 2 rings (SSSR count). The Morgan fingerprint density at radius 2 is 2.09 bits per heavy atom. The minimum Gasteiger partial charge on any atom is -0.481 e. The molecule has 23 heavy (non-hydrogen) atoms. The van der Waals surface area contributed by atoms with E-state index in [1.165, 1.54) is 17.3 Å². The van der Waals surface area contributed by atoms with Gasteiger partial charge in [-0.25, -0.2) is 9.78 Å². The van der Waals surface area contributed by atoms with E-state index < -0.39 is 23.1 Å². The smallest absolute Gasteiger partial charge is 0.410 e. The summed E-state index contributed by atoms with van der Waals surface area (Å²) >= 11 is 5.69. The molecule has 0 aromatic carbocycles. The second-order valence-electron chi connectivity index (χ2n) is 6.74. The summed E-state index contributed by atoms with van der Waals surface area (Å²) in [5.41, 5.74) is -1.17. The summed E-state index contributed by atoms with van der Waals surface area (Å²) in [4.78, 5) is 33.4. The number of likely N-dealkylation sites (tertiary alicyclic amines) is 1. The van der Waals surface area contributed by atoms with Crippen molar-refractivity contribution in [3.05, 3.63) is 23.2 Å². The Kier molecular flexibility index (Phi) is 4.79. The van der Waals surface area contributed by atoms with Gasteiger partial charge in [-0.05, 0) is 27.2 Å². The number of rotatable bonds is 3. The van der Waals surface area contributed by atoms with Gasteiger partial charge in [0, 0.05) is 19.5 Å². The molecule has 1 N–H and O–H groups in total. The quantitative estimate of drug-likeness (QED) is 0.907. The Morgan fingerprint density at radius 3 is 2.61 bits per heavy atom. The zero-order valence-corrected chi connectivity index (χ0v) is 14.1. The lowest BCUT2D eigenvalue weighted by atomic mass is 9.82. The van der Waals surface area contributed by atoms with Crippen LogP contribution in [0.2, 0.25) is 5.15 Å². The number of aliphatic carboxylic acids is 1. The van der Waals surface area contributed by atoms with E-state index in [0.717, 1.165) is 0 Å². The number of carbonyl (C=O) groups is 2. The van der Waals surface area contributed by atoms with Crippen molar-refractivity contribution in [3.63, 3.8) is 0 Å². The number of amides is 1. The number of hydrogen-bond acceptors (Lipinski definition) is 5. The minimum atomic E-state index is -1.08. The van der Waals surface area contributed by atoms with Crippen molar-refractivity contribution in [3.8, 4) is 0 Å². The van der Waals surface area contributed by atoms with Crippen molar-refractivity contribution in [1.82, 2.24) is 14.9 Å². The SMILES string of the molecule is CC(C)(C)OC(=O)N1CCC(Cc2cnc(Cl)cn2)(C(=O)O)C1. The van der Waals surface area contributed by atoms with E-state index in [9.17, 15) is 14.7 Å². The zero-order valence-electron chi connectivity index (χ0n) is 13.4. The van der Waals surface area contributed by atoms with E-state index >= 15 is 0 Å². The van der Waals surface area contributed by atoms with Crippen molar-refractivity contribution >= 4 is 23.7 Å². The van der Waals surface area contributed by atoms with Crippen LogP contribution in [0.3, 0.4) is 0 Å². The van der Waals surface area contributed by atoms with Crippen LogP contribution in [0.25, 0.3) is 0 Å². The van der Waals surface area contributed by atoms with Gasteiger partial charge in [-0.15, -0.1) is 0 Å². The normalized spacial score (nSPS) is 21.3. The molecular weight excluding hydrogens is 322 g/mol. The fourth-order valence-electron chi connectivity index (χ4n) is 2.53. The Labute approximate surface area is 139 Å². The number of nitrogens with zero attached hydrogens (tertiary/aromatic N) is 3. The Bertz CT molecular complexity index is 600. The van der Waals surface area contributed by atoms with Gasteiger partial charge in [0.15, 0.2) is 0 Å². The summed E-state index contributed by atoms with van der Waals surface area (Å²) in [5.74, 6) is -0.958. The molecule has 1 unspecified atom stereocenters. The third-order valence-electron chi connectivity index (χ3n) is 3.65. The van der Waals surface area contributed by atoms with Gasteiger partial charge in [0.1, 0.15) is 10.8 Å². The lowest BCUT2D eigenvalue weighted by Gasteiger charge is -2.26. The van der Waals surface area contributed by atoms with Crippen molar-refractivity contribution in [2.75, 3.05) is 13.1 Å². The molecule has 0 bridgehead atoms. The molecule has 1 aromatic heterocycles. The van der Waals surface area contributed by atoms with Crippen molar-refractivity contribution < 1.29 is 19.4 Å². The van der Waals surface area contributed by atoms with Crippen molar-refractivity contribution in [2.45, 2.75) is 39.2 Å². The van der Waals surface area contributed by atoms with Crippen LogP contribution in [-0.2, 0) is 16.0 Å². The van der Waals surface area contributed by atoms with Gasteiger partial charge in [-0.1, -0.05) is 11.6 Å². The first kappa shape index (κ1) is 17.5. The van der Waals surface area contributed by atoms with Gasteiger partial charge >= 0.3 is 12.1 Å². The highest BCUT2D eigenvalue weighted by atomic mass is 35.5. The van der Waals surface area contributed by atoms with Gasteiger partial charge in [0.2, 0.25) is 0 Å². The number of hydrogen-bond donors (Lipinski definition) is 1. The van der Waals surface area contributed by atoms with E-state index in [1.807, 2.05) is 0 Å². The largest absolute Gasteiger partial charge is 0.481 e. The molecule has 1 aliphatic rings. The van der Waals surface area contributed by atoms with E-state index in [0.29, 0.717) is 18.7 Å². The summed E-state index contributed by atoms with van der Waals surface area (Å²) in [7, 11) is 0. The van der Waals surface area contributed by atoms with Crippen molar-refractivity contribution in [1.29, 1.82) is 0 Å². The van der Waals surface area contributed by atoms with Gasteiger partial charge in [0.05, 0.1) is 23.5 Å². The van der Waals surface area contributed by atoms with Crippen LogP contribution in [0.15, 0.2) is 12.4 Å². The molecule has 0 saturated carbocycles. The summed E-state index contributed by atoms with van der Waals surface area (Å²) in [6.45, 7) is 5.74. The van der Waals surface area contributed by atoms with E-state index in [4.69, 9.17) is 16.3 Å². The van der Waals surface area contributed by atoms with E-state index in [1.54, 1.807) is 20.8 Å². The van der Waals surface area contributed by atoms with E-state index in [-0.39, 0.29) is 18.1 Å². The topological polar surface area (TPSA) is 92.6 Å². The number of halogens is 1. The second kappa shape index (κ2) is 6.31. The molecule has 1 atom stereocenters. The molecule has 0 spiro atoms. The highest BCUT2D eigenvalue weighted by Crippen LogP contribution is 2.35. The van der Waals surface area contributed by atoms with Crippen molar-refractivity contribution in [2.24, 2.45) is 5.41 Å². The minimum absolute atomic E-state index is 0.0849. The first-order valence-electron chi connectivity index (χ1n) is 7.29. The molecule has 0 aliphatic carbocycles. The maximum atomic E-state index is 12.1. The van der Waals surface area contributed by atoms with Crippen LogP contribution in [0.4, 0.5) is 4.79 Å². The molecule has 1 fully saturated rings. The lowest BCUT2D eigenvalue weighted by molar-refractivity contribution is -0.148. The third kappa shape index (κ3) is 4.31. The van der Waals surface area contributed by atoms with Gasteiger partial charge < -0.3 is 14.7 Å². The number of carbonyl (C=O) groups excluding carboxylic acids is 1. The van der Waals surface area contributed by atoms with E-state index in [2.05, 4.69) is 9.97 Å². The van der Waals surface area contributed by atoms with Crippen LogP contribution in [-0.4, -0.2) is 50.7 Å². The predicted octanol–water partition coefficient (Wildman–Crippen LogP) is 2.38. The molecular formula is C15H20ClN3O4. The molecule has 2 heterocycles. The predicted molar refractivity (Wildman–Crippen MR) is 83.2 cm³/mol. The highest BCUT2D eigenvalue weighted by molar-refractivity contribution is 6.29. The van der Waals surface area contributed by atoms with Crippen LogP contribution in [0, 0.1) is 5.41 Å². The molecule has 1 aliphatic heterocycles. The molecule has 8 heteroatoms. The lowest BCUT2D eigenvalue weighted by Crippen LogP contribution is -2.40. The van der Waals surface area contributed by atoms with Gasteiger partial charge in [0.25, 0.3) is 0 Å². The third-order valence-corrected chi connectivity index (χ3v) is 3.85. The Hall–Kier alpha value is -1.89. The Balaban J connectivity index is 2.12. The number of carboxylic acids is 1. The van der Waals surface area contributed by atoms with Gasteiger partial charge in [-0.3, -0.25) is 9.78 Å². The summed E-state index contributed by atoms with van der Waals surface area (Å²) in [6.07, 6.45) is 2.87. The first-order chi connectivity index (χ1) is 10.6. The Morgan fingerprint density at radius 1 is 1.39 bits per heavy atom. The summed E-state index contributed by atoms with van der Waals surface area (Å²) in [6, 6.07) is 0. The monoisotopic (exact) mass is 341 g/mol. The highest BCUT2D eigenvalue weighted by Gasteiger charge is 2.47. The standard InChI is InChI=1S/C15H20ClN3O4/c1-14(2,3)23-13(22)19-5-4-15(9-19,12(20)21)6-10-7-18-11(16)8-17-10/h7-8H,4-6,9H2,1-3H3,(H,20,21). The first-order valence-corrected chi connectivity index (χ1v) is 7.67. The van der Waals surface area contributed by atoms with Gasteiger partial charge in [-0.2, -0.15) is 0 Å². The summed E-state index contributed by atoms with van der Waals surface area (Å²) in [5, 5.41) is 9.91. The number of ether oxygens (including phenoxy) is 1.